The fraction of sp³-hybridized carbons (Fsp3) is 0.308. The normalized spacial score (nSPS) is 12.4. The van der Waals surface area contributed by atoms with Crippen molar-refractivity contribution < 1.29 is 0 Å². The van der Waals surface area contributed by atoms with E-state index in [1.54, 1.807) is 18.6 Å². The molecule has 0 bridgehead atoms. The molecule has 0 aliphatic heterocycles. The van der Waals surface area contributed by atoms with Crippen LogP contribution in [0.4, 0.5) is 0 Å². The highest BCUT2D eigenvalue weighted by molar-refractivity contribution is 5.57. The summed E-state index contributed by atoms with van der Waals surface area (Å²) in [6.45, 7) is 4.03. The topological polar surface area (TPSA) is 65.4 Å². The van der Waals surface area contributed by atoms with Gasteiger partial charge >= 0.3 is 0 Å². The molecule has 0 saturated carbocycles. The monoisotopic (exact) mass is 226 g/mol. The second-order valence-corrected chi connectivity index (χ2v) is 4.27. The zero-order valence-electron chi connectivity index (χ0n) is 9.88. The molecule has 17 heavy (non-hydrogen) atoms. The maximum atomic E-state index is 9.11. The first-order valence-corrected chi connectivity index (χ1v) is 5.57. The molecule has 86 valence electrons. The van der Waals surface area contributed by atoms with Crippen molar-refractivity contribution in [3.8, 4) is 17.3 Å². The lowest BCUT2D eigenvalue weighted by Gasteiger charge is -2.09. The number of hydrogen-bond acceptors (Lipinski definition) is 3. The van der Waals surface area contributed by atoms with E-state index in [4.69, 9.17) is 5.26 Å². The molecule has 0 aliphatic rings. The summed E-state index contributed by atoms with van der Waals surface area (Å²) < 4.78 is 0. The summed E-state index contributed by atoms with van der Waals surface area (Å²) in [5.74, 6) is 0.788. The molecule has 2 rings (SSSR count). The van der Waals surface area contributed by atoms with Crippen LogP contribution in [-0.2, 0) is 0 Å². The van der Waals surface area contributed by atoms with Gasteiger partial charge in [-0.25, -0.2) is 4.98 Å². The smallest absolute Gasteiger partial charge is 0.124 e. The predicted octanol–water partition coefficient (Wildman–Crippen LogP) is 2.73. The molecule has 1 atom stereocenters. The number of pyridine rings is 1. The van der Waals surface area contributed by atoms with Crippen LogP contribution in [0.25, 0.3) is 11.3 Å². The van der Waals surface area contributed by atoms with Gasteiger partial charge in [0.2, 0.25) is 0 Å². The number of aromatic amines is 1. The Kier molecular flexibility index (Phi) is 3.20. The van der Waals surface area contributed by atoms with E-state index in [-0.39, 0.29) is 11.8 Å². The Morgan fingerprint density at radius 1 is 1.29 bits per heavy atom. The van der Waals surface area contributed by atoms with E-state index in [0.717, 1.165) is 17.1 Å². The van der Waals surface area contributed by atoms with Crippen molar-refractivity contribution in [3.63, 3.8) is 0 Å². The van der Waals surface area contributed by atoms with E-state index in [1.165, 1.54) is 0 Å². The van der Waals surface area contributed by atoms with Gasteiger partial charge in [-0.05, 0) is 18.1 Å². The van der Waals surface area contributed by atoms with Crippen molar-refractivity contribution in [2.45, 2.75) is 19.8 Å². The zero-order valence-corrected chi connectivity index (χ0v) is 9.88. The molecule has 4 nitrogen and oxygen atoms in total. The van der Waals surface area contributed by atoms with Crippen LogP contribution in [0.5, 0.6) is 0 Å². The average Bonchev–Trinajstić information content (AvgIpc) is 2.80. The molecule has 2 heterocycles. The van der Waals surface area contributed by atoms with E-state index >= 15 is 0 Å². The average molecular weight is 226 g/mol. The standard InChI is InChI=1S/C13H14N4/c1-9(2)11(7-14)13-16-8-12(17-13)10-3-5-15-6-4-10/h3-6,8-9,11H,1-2H3,(H,16,17). The Morgan fingerprint density at radius 3 is 2.59 bits per heavy atom. The van der Waals surface area contributed by atoms with Crippen LogP contribution in [0.1, 0.15) is 25.6 Å². The van der Waals surface area contributed by atoms with Crippen LogP contribution in [0.3, 0.4) is 0 Å². The molecule has 0 saturated heterocycles. The maximum absolute atomic E-state index is 9.11. The molecule has 1 unspecified atom stereocenters. The van der Waals surface area contributed by atoms with Crippen LogP contribution in [-0.4, -0.2) is 15.0 Å². The lowest BCUT2D eigenvalue weighted by molar-refractivity contribution is 0.566. The van der Waals surface area contributed by atoms with Gasteiger partial charge in [-0.1, -0.05) is 13.8 Å². The molecule has 0 aromatic carbocycles. The Hall–Kier alpha value is -2.15. The number of aromatic nitrogens is 3. The lowest BCUT2D eigenvalue weighted by atomic mass is 9.97. The van der Waals surface area contributed by atoms with Crippen molar-refractivity contribution in [3.05, 3.63) is 36.5 Å². The summed E-state index contributed by atoms with van der Waals surface area (Å²) in [5.41, 5.74) is 1.95. The Morgan fingerprint density at radius 2 is 2.00 bits per heavy atom. The second-order valence-electron chi connectivity index (χ2n) is 4.27. The SMILES string of the molecule is CC(C)C(C#N)c1ncc(-c2ccncc2)[nH]1. The molecule has 0 fully saturated rings. The second kappa shape index (κ2) is 4.79. The van der Waals surface area contributed by atoms with Gasteiger partial charge in [0, 0.05) is 18.0 Å². The summed E-state index contributed by atoms with van der Waals surface area (Å²) in [7, 11) is 0. The van der Waals surface area contributed by atoms with E-state index in [1.807, 2.05) is 26.0 Å². The first kappa shape index (κ1) is 11.3. The Balaban J connectivity index is 2.31. The quantitative estimate of drug-likeness (QED) is 0.875. The number of nitrogens with zero attached hydrogens (tertiary/aromatic N) is 3. The van der Waals surface area contributed by atoms with Gasteiger partial charge in [-0.2, -0.15) is 5.26 Å². The van der Waals surface area contributed by atoms with Crippen LogP contribution in [0, 0.1) is 17.2 Å². The number of nitriles is 1. The summed E-state index contributed by atoms with van der Waals surface area (Å²) in [5, 5.41) is 9.11. The van der Waals surface area contributed by atoms with Gasteiger partial charge in [0.15, 0.2) is 0 Å². The molecule has 4 heteroatoms. The van der Waals surface area contributed by atoms with Crippen LogP contribution in [0.15, 0.2) is 30.7 Å². The molecule has 1 N–H and O–H groups in total. The minimum atomic E-state index is -0.189. The lowest BCUT2D eigenvalue weighted by Crippen LogP contribution is -2.05. The first-order valence-electron chi connectivity index (χ1n) is 5.57. The molecule has 0 amide bonds. The molecule has 0 radical (unpaired) electrons. The molecular formula is C13H14N4. The number of hydrogen-bond donors (Lipinski definition) is 1. The number of rotatable bonds is 3. The maximum Gasteiger partial charge on any atom is 0.124 e. The minimum absolute atomic E-state index is 0.189. The van der Waals surface area contributed by atoms with Crippen molar-refractivity contribution in [1.29, 1.82) is 5.26 Å². The van der Waals surface area contributed by atoms with Crippen LogP contribution < -0.4 is 0 Å². The fourth-order valence-corrected chi connectivity index (χ4v) is 1.70. The van der Waals surface area contributed by atoms with Gasteiger partial charge in [0.05, 0.1) is 18.0 Å². The largest absolute Gasteiger partial charge is 0.341 e. The minimum Gasteiger partial charge on any atom is -0.341 e. The van der Waals surface area contributed by atoms with Crippen molar-refractivity contribution in [2.24, 2.45) is 5.92 Å². The van der Waals surface area contributed by atoms with E-state index in [2.05, 4.69) is 21.0 Å². The third-order valence-corrected chi connectivity index (χ3v) is 2.69. The van der Waals surface area contributed by atoms with Gasteiger partial charge in [-0.15, -0.1) is 0 Å². The van der Waals surface area contributed by atoms with Gasteiger partial charge in [0.1, 0.15) is 11.7 Å². The van der Waals surface area contributed by atoms with Crippen LogP contribution in [0.2, 0.25) is 0 Å². The van der Waals surface area contributed by atoms with Crippen molar-refractivity contribution >= 4 is 0 Å². The number of imidazole rings is 1. The number of H-pyrrole nitrogens is 1. The van der Waals surface area contributed by atoms with Crippen molar-refractivity contribution in [1.82, 2.24) is 15.0 Å². The third kappa shape index (κ3) is 2.34. The molecular weight excluding hydrogens is 212 g/mol. The molecule has 2 aromatic rings. The zero-order chi connectivity index (χ0) is 12.3. The summed E-state index contributed by atoms with van der Waals surface area (Å²) in [4.78, 5) is 11.5. The molecule has 2 aromatic heterocycles. The highest BCUT2D eigenvalue weighted by atomic mass is 14.9. The highest BCUT2D eigenvalue weighted by Crippen LogP contribution is 2.23. The molecule has 0 aliphatic carbocycles. The highest BCUT2D eigenvalue weighted by Gasteiger charge is 2.18. The van der Waals surface area contributed by atoms with E-state index in [9.17, 15) is 0 Å². The Labute approximate surface area is 100 Å². The molecule has 0 spiro atoms. The first-order chi connectivity index (χ1) is 8.22. The van der Waals surface area contributed by atoms with E-state index in [0.29, 0.717) is 0 Å². The van der Waals surface area contributed by atoms with Gasteiger partial charge in [-0.3, -0.25) is 4.98 Å². The van der Waals surface area contributed by atoms with Crippen molar-refractivity contribution in [2.75, 3.05) is 0 Å². The van der Waals surface area contributed by atoms with Gasteiger partial charge < -0.3 is 4.98 Å². The fourth-order valence-electron chi connectivity index (χ4n) is 1.70. The summed E-state index contributed by atoms with van der Waals surface area (Å²) in [6, 6.07) is 6.10. The van der Waals surface area contributed by atoms with E-state index < -0.39 is 0 Å². The number of nitrogens with one attached hydrogen (secondary N) is 1. The van der Waals surface area contributed by atoms with Gasteiger partial charge in [0.25, 0.3) is 0 Å². The predicted molar refractivity (Wildman–Crippen MR) is 65.0 cm³/mol. The Bertz CT molecular complexity index is 522. The van der Waals surface area contributed by atoms with Crippen LogP contribution >= 0.6 is 0 Å². The third-order valence-electron chi connectivity index (χ3n) is 2.69. The summed E-state index contributed by atoms with van der Waals surface area (Å²) >= 11 is 0. The summed E-state index contributed by atoms with van der Waals surface area (Å²) in [6.07, 6.45) is 5.23.